The smallest absolute Gasteiger partial charge is 0.293 e. The lowest BCUT2D eigenvalue weighted by molar-refractivity contribution is -0.123. The number of carbonyl (C=O) groups excluding carboxylic acids is 3. The highest BCUT2D eigenvalue weighted by atomic mass is 32.2. The number of methoxy groups -OCH3 is 1. The van der Waals surface area contributed by atoms with Crippen LogP contribution in [0, 0.1) is 6.92 Å². The molecule has 0 bridgehead atoms. The molecular formula is C30H30N2O7S. The van der Waals surface area contributed by atoms with Crippen LogP contribution in [-0.4, -0.2) is 55.4 Å². The summed E-state index contributed by atoms with van der Waals surface area (Å²) < 4.78 is 22.3. The van der Waals surface area contributed by atoms with Crippen molar-refractivity contribution in [2.45, 2.75) is 13.8 Å². The first kappa shape index (κ1) is 28.6. The van der Waals surface area contributed by atoms with Crippen molar-refractivity contribution in [3.8, 4) is 23.0 Å². The number of nitrogens with zero attached hydrogens (tertiary/aromatic N) is 1. The Balaban J connectivity index is 1.35. The van der Waals surface area contributed by atoms with Gasteiger partial charge >= 0.3 is 0 Å². The van der Waals surface area contributed by atoms with Crippen molar-refractivity contribution < 1.29 is 33.3 Å². The summed E-state index contributed by atoms with van der Waals surface area (Å²) in [7, 11) is 1.48. The average Bonchev–Trinajstić information content (AvgIpc) is 3.21. The number of nitrogens with one attached hydrogen (secondary N) is 1. The van der Waals surface area contributed by atoms with Crippen LogP contribution in [0.1, 0.15) is 18.1 Å². The third-order valence-electron chi connectivity index (χ3n) is 5.78. The Labute approximate surface area is 237 Å². The van der Waals surface area contributed by atoms with Gasteiger partial charge in [0.2, 0.25) is 0 Å². The highest BCUT2D eigenvalue weighted by Crippen LogP contribution is 2.34. The first-order valence-corrected chi connectivity index (χ1v) is 13.5. The first-order chi connectivity index (χ1) is 19.4. The summed E-state index contributed by atoms with van der Waals surface area (Å²) in [4.78, 5) is 39.3. The van der Waals surface area contributed by atoms with Crippen LogP contribution in [0.4, 0.5) is 10.5 Å². The Kier molecular flexibility index (Phi) is 9.69. The zero-order chi connectivity index (χ0) is 28.5. The SMILES string of the molecule is CCOc1ccccc1NC(=O)COc1ccc(/C=C2\SC(=O)N(CCOc3ccc(C)cc3)C2=O)cc1OC. The van der Waals surface area contributed by atoms with E-state index in [9.17, 15) is 14.4 Å². The molecule has 0 saturated carbocycles. The number of ether oxygens (including phenoxy) is 4. The summed E-state index contributed by atoms with van der Waals surface area (Å²) in [5.41, 5.74) is 2.31. The number of hydrogen-bond acceptors (Lipinski definition) is 8. The fourth-order valence-electron chi connectivity index (χ4n) is 3.81. The summed E-state index contributed by atoms with van der Waals surface area (Å²) in [5.74, 6) is 1.24. The monoisotopic (exact) mass is 562 g/mol. The molecule has 3 amide bonds. The van der Waals surface area contributed by atoms with E-state index in [1.165, 1.54) is 12.0 Å². The number of aryl methyl sites for hydroxylation is 1. The maximum absolute atomic E-state index is 12.9. The van der Waals surface area contributed by atoms with E-state index in [-0.39, 0.29) is 36.8 Å². The third-order valence-corrected chi connectivity index (χ3v) is 6.69. The third kappa shape index (κ3) is 7.35. The van der Waals surface area contributed by atoms with Crippen molar-refractivity contribution in [3.63, 3.8) is 0 Å². The molecule has 3 aromatic carbocycles. The molecule has 10 heteroatoms. The normalized spacial score (nSPS) is 13.9. The summed E-state index contributed by atoms with van der Waals surface area (Å²) >= 11 is 0.870. The number of carbonyl (C=O) groups is 3. The molecule has 0 aliphatic carbocycles. The van der Waals surface area contributed by atoms with Gasteiger partial charge in [0.05, 0.1) is 30.9 Å². The van der Waals surface area contributed by atoms with Crippen LogP contribution in [0.2, 0.25) is 0 Å². The van der Waals surface area contributed by atoms with E-state index < -0.39 is 0 Å². The molecule has 40 heavy (non-hydrogen) atoms. The fourth-order valence-corrected chi connectivity index (χ4v) is 4.67. The molecule has 1 N–H and O–H groups in total. The second kappa shape index (κ2) is 13.6. The summed E-state index contributed by atoms with van der Waals surface area (Å²) in [5, 5.41) is 2.42. The maximum atomic E-state index is 12.9. The standard InChI is InChI=1S/C30H30N2O7S/c1-4-37-24-8-6-5-7-23(24)31-28(33)19-39-25-14-11-21(17-26(25)36-3)18-27-29(34)32(30(35)40-27)15-16-38-22-12-9-20(2)10-13-22/h5-14,17-18H,4,15-16,19H2,1-3H3,(H,31,33)/b27-18-. The lowest BCUT2D eigenvalue weighted by atomic mass is 10.2. The minimum Gasteiger partial charge on any atom is -0.493 e. The molecule has 4 rings (SSSR count). The van der Waals surface area contributed by atoms with Gasteiger partial charge in [0.15, 0.2) is 18.1 Å². The van der Waals surface area contributed by atoms with Gasteiger partial charge in [-0.15, -0.1) is 0 Å². The molecule has 1 aliphatic heterocycles. The number of thioether (sulfide) groups is 1. The minimum atomic E-state index is -0.384. The Bertz CT molecular complexity index is 1410. The van der Waals surface area contributed by atoms with E-state index in [0.717, 1.165) is 17.3 Å². The van der Waals surface area contributed by atoms with Crippen LogP contribution in [-0.2, 0) is 9.59 Å². The Hall–Kier alpha value is -4.44. The largest absolute Gasteiger partial charge is 0.493 e. The molecule has 1 heterocycles. The van der Waals surface area contributed by atoms with Crippen molar-refractivity contribution >= 4 is 40.6 Å². The molecule has 3 aromatic rings. The topological polar surface area (TPSA) is 103 Å². The Morgan fingerprint density at radius 3 is 2.48 bits per heavy atom. The lowest BCUT2D eigenvalue weighted by Crippen LogP contribution is -2.32. The number of rotatable bonds is 12. The molecule has 0 unspecified atom stereocenters. The average molecular weight is 563 g/mol. The van der Waals surface area contributed by atoms with Gasteiger partial charge in [-0.2, -0.15) is 0 Å². The summed E-state index contributed by atoms with van der Waals surface area (Å²) in [6.07, 6.45) is 1.62. The van der Waals surface area contributed by atoms with E-state index in [0.29, 0.717) is 45.8 Å². The number of anilines is 1. The number of para-hydroxylation sites is 2. The lowest BCUT2D eigenvalue weighted by Gasteiger charge is -2.14. The van der Waals surface area contributed by atoms with Crippen molar-refractivity contribution in [2.24, 2.45) is 0 Å². The van der Waals surface area contributed by atoms with E-state index in [2.05, 4.69) is 5.32 Å². The van der Waals surface area contributed by atoms with E-state index >= 15 is 0 Å². The molecule has 208 valence electrons. The molecule has 0 spiro atoms. The molecule has 9 nitrogen and oxygen atoms in total. The van der Waals surface area contributed by atoms with Crippen molar-refractivity contribution in [1.82, 2.24) is 4.90 Å². The van der Waals surface area contributed by atoms with Gasteiger partial charge in [0.25, 0.3) is 17.1 Å². The predicted octanol–water partition coefficient (Wildman–Crippen LogP) is 5.54. The van der Waals surface area contributed by atoms with Gasteiger partial charge in [-0.05, 0) is 73.6 Å². The van der Waals surface area contributed by atoms with Crippen molar-refractivity contribution in [1.29, 1.82) is 0 Å². The fraction of sp³-hybridized carbons (Fsp3) is 0.233. The first-order valence-electron chi connectivity index (χ1n) is 12.6. The second-order valence-electron chi connectivity index (χ2n) is 8.67. The van der Waals surface area contributed by atoms with Crippen molar-refractivity contribution in [3.05, 3.63) is 82.8 Å². The van der Waals surface area contributed by atoms with Crippen LogP contribution >= 0.6 is 11.8 Å². The maximum Gasteiger partial charge on any atom is 0.293 e. The Morgan fingerprint density at radius 1 is 0.950 bits per heavy atom. The molecular weight excluding hydrogens is 532 g/mol. The van der Waals surface area contributed by atoms with Crippen LogP contribution in [0.15, 0.2) is 71.6 Å². The van der Waals surface area contributed by atoms with E-state index in [1.807, 2.05) is 44.2 Å². The minimum absolute atomic E-state index is 0.142. The van der Waals surface area contributed by atoms with Crippen LogP contribution in [0.3, 0.4) is 0 Å². The van der Waals surface area contributed by atoms with E-state index in [4.69, 9.17) is 18.9 Å². The highest BCUT2D eigenvalue weighted by Gasteiger charge is 2.34. The van der Waals surface area contributed by atoms with Gasteiger partial charge in [-0.25, -0.2) is 0 Å². The van der Waals surface area contributed by atoms with Crippen LogP contribution in [0.5, 0.6) is 23.0 Å². The number of hydrogen-bond donors (Lipinski definition) is 1. The van der Waals surface area contributed by atoms with Crippen molar-refractivity contribution in [2.75, 3.05) is 38.8 Å². The van der Waals surface area contributed by atoms with Gasteiger partial charge in [-0.1, -0.05) is 35.9 Å². The van der Waals surface area contributed by atoms with Gasteiger partial charge < -0.3 is 24.3 Å². The quantitative estimate of drug-likeness (QED) is 0.287. The second-order valence-corrected chi connectivity index (χ2v) is 9.66. The Morgan fingerprint density at radius 2 is 1.73 bits per heavy atom. The molecule has 0 atom stereocenters. The van der Waals surface area contributed by atoms with Crippen LogP contribution < -0.4 is 24.3 Å². The molecule has 1 aliphatic rings. The van der Waals surface area contributed by atoms with Gasteiger partial charge in [0.1, 0.15) is 18.1 Å². The summed E-state index contributed by atoms with van der Waals surface area (Å²) in [6.45, 7) is 4.41. The van der Waals surface area contributed by atoms with Crippen LogP contribution in [0.25, 0.3) is 6.08 Å². The number of benzene rings is 3. The molecule has 1 fully saturated rings. The molecule has 0 aromatic heterocycles. The zero-order valence-electron chi connectivity index (χ0n) is 22.5. The predicted molar refractivity (Wildman–Crippen MR) is 154 cm³/mol. The number of imide groups is 1. The highest BCUT2D eigenvalue weighted by molar-refractivity contribution is 8.18. The zero-order valence-corrected chi connectivity index (χ0v) is 23.3. The van der Waals surface area contributed by atoms with Gasteiger partial charge in [0, 0.05) is 0 Å². The molecule has 1 saturated heterocycles. The molecule has 0 radical (unpaired) electrons. The van der Waals surface area contributed by atoms with Gasteiger partial charge in [-0.3, -0.25) is 19.3 Å². The van der Waals surface area contributed by atoms with E-state index in [1.54, 1.807) is 42.5 Å². The number of amides is 3. The summed E-state index contributed by atoms with van der Waals surface area (Å²) in [6, 6.07) is 19.7.